The van der Waals surface area contributed by atoms with Gasteiger partial charge in [0, 0.05) is 43.6 Å². The van der Waals surface area contributed by atoms with Gasteiger partial charge in [0.25, 0.3) is 0 Å². The van der Waals surface area contributed by atoms with Gasteiger partial charge in [-0.3, -0.25) is 0 Å². The molecule has 1 aliphatic heterocycles. The molecule has 1 saturated heterocycles. The standard InChI is InChI=1S/C19H26N4/c1-15-4-2-3-5-19(15)22-10-8-16(9-11-22)21-13-18-12-20-14-23(18)17-6-7-17/h2-5,12,14,16-17,21H,6-11,13H2,1H3. The molecular formula is C19H26N4. The first-order valence-electron chi connectivity index (χ1n) is 8.86. The minimum Gasteiger partial charge on any atom is -0.371 e. The van der Waals surface area contributed by atoms with Gasteiger partial charge in [-0.1, -0.05) is 18.2 Å². The van der Waals surface area contributed by atoms with Crippen LogP contribution < -0.4 is 10.2 Å². The minimum atomic E-state index is 0.623. The molecule has 23 heavy (non-hydrogen) atoms. The average Bonchev–Trinajstić information content (AvgIpc) is 3.32. The number of nitrogens with one attached hydrogen (secondary N) is 1. The topological polar surface area (TPSA) is 33.1 Å². The molecule has 1 aliphatic carbocycles. The third-order valence-corrected chi connectivity index (χ3v) is 5.21. The molecule has 2 fully saturated rings. The first-order valence-corrected chi connectivity index (χ1v) is 8.86. The molecule has 2 aliphatic rings. The number of para-hydroxylation sites is 1. The van der Waals surface area contributed by atoms with Crippen LogP contribution in [0.5, 0.6) is 0 Å². The molecule has 0 amide bonds. The van der Waals surface area contributed by atoms with E-state index in [1.54, 1.807) is 0 Å². The van der Waals surface area contributed by atoms with Gasteiger partial charge in [-0.15, -0.1) is 0 Å². The highest BCUT2D eigenvalue weighted by Gasteiger charge is 2.25. The zero-order chi connectivity index (χ0) is 15.6. The van der Waals surface area contributed by atoms with Crippen molar-refractivity contribution in [2.24, 2.45) is 0 Å². The number of piperidine rings is 1. The fourth-order valence-corrected chi connectivity index (χ4v) is 3.64. The van der Waals surface area contributed by atoms with E-state index in [1.165, 1.54) is 42.6 Å². The second-order valence-electron chi connectivity index (χ2n) is 6.95. The largest absolute Gasteiger partial charge is 0.371 e. The van der Waals surface area contributed by atoms with Crippen molar-refractivity contribution >= 4 is 5.69 Å². The van der Waals surface area contributed by atoms with Crippen molar-refractivity contribution in [3.63, 3.8) is 0 Å². The predicted octanol–water partition coefficient (Wildman–Crippen LogP) is 3.29. The summed E-state index contributed by atoms with van der Waals surface area (Å²) in [5.74, 6) is 0. The Kier molecular flexibility index (Phi) is 4.08. The van der Waals surface area contributed by atoms with Gasteiger partial charge < -0.3 is 14.8 Å². The molecular weight excluding hydrogens is 284 g/mol. The number of hydrogen-bond donors (Lipinski definition) is 1. The Bertz CT molecular complexity index is 651. The van der Waals surface area contributed by atoms with Crippen molar-refractivity contribution in [3.05, 3.63) is 48.0 Å². The van der Waals surface area contributed by atoms with E-state index in [0.717, 1.165) is 25.7 Å². The zero-order valence-corrected chi connectivity index (χ0v) is 13.9. The van der Waals surface area contributed by atoms with Crippen molar-refractivity contribution in [2.45, 2.75) is 51.2 Å². The van der Waals surface area contributed by atoms with Crippen LogP contribution in [-0.2, 0) is 6.54 Å². The van der Waals surface area contributed by atoms with E-state index < -0.39 is 0 Å². The third-order valence-electron chi connectivity index (χ3n) is 5.21. The molecule has 1 aromatic carbocycles. The molecule has 4 heteroatoms. The average molecular weight is 310 g/mol. The van der Waals surface area contributed by atoms with E-state index in [4.69, 9.17) is 0 Å². The summed E-state index contributed by atoms with van der Waals surface area (Å²) in [5, 5.41) is 3.75. The van der Waals surface area contributed by atoms with Crippen LogP contribution in [0.3, 0.4) is 0 Å². The number of aromatic nitrogens is 2. The maximum Gasteiger partial charge on any atom is 0.0951 e. The summed E-state index contributed by atoms with van der Waals surface area (Å²) < 4.78 is 2.36. The number of rotatable bonds is 5. The van der Waals surface area contributed by atoms with E-state index in [9.17, 15) is 0 Å². The van der Waals surface area contributed by atoms with E-state index in [0.29, 0.717) is 6.04 Å². The zero-order valence-electron chi connectivity index (χ0n) is 13.9. The van der Waals surface area contributed by atoms with Crippen molar-refractivity contribution in [3.8, 4) is 0 Å². The molecule has 122 valence electrons. The molecule has 0 spiro atoms. The van der Waals surface area contributed by atoms with Crippen LogP contribution in [0.25, 0.3) is 0 Å². The van der Waals surface area contributed by atoms with Crippen molar-refractivity contribution in [1.82, 2.24) is 14.9 Å². The molecule has 1 saturated carbocycles. The molecule has 0 radical (unpaired) electrons. The van der Waals surface area contributed by atoms with E-state index in [2.05, 4.69) is 51.0 Å². The van der Waals surface area contributed by atoms with Crippen molar-refractivity contribution < 1.29 is 0 Å². The summed E-state index contributed by atoms with van der Waals surface area (Å²) in [4.78, 5) is 6.85. The number of imidazole rings is 1. The van der Waals surface area contributed by atoms with E-state index in [-0.39, 0.29) is 0 Å². The van der Waals surface area contributed by atoms with E-state index in [1.807, 2.05) is 12.5 Å². The van der Waals surface area contributed by atoms with Crippen molar-refractivity contribution in [2.75, 3.05) is 18.0 Å². The fraction of sp³-hybridized carbons (Fsp3) is 0.526. The molecule has 1 N–H and O–H groups in total. The Morgan fingerprint density at radius 3 is 2.65 bits per heavy atom. The molecule has 2 heterocycles. The molecule has 1 aromatic heterocycles. The Morgan fingerprint density at radius 1 is 1.13 bits per heavy atom. The number of nitrogens with zero attached hydrogens (tertiary/aromatic N) is 3. The summed E-state index contributed by atoms with van der Waals surface area (Å²) in [6, 6.07) is 10.1. The lowest BCUT2D eigenvalue weighted by atomic mass is 10.0. The monoisotopic (exact) mass is 310 g/mol. The highest BCUT2D eigenvalue weighted by Crippen LogP contribution is 2.35. The third kappa shape index (κ3) is 3.27. The second kappa shape index (κ2) is 6.36. The number of anilines is 1. The number of aryl methyl sites for hydroxylation is 1. The highest BCUT2D eigenvalue weighted by molar-refractivity contribution is 5.53. The van der Waals surface area contributed by atoms with Crippen LogP contribution >= 0.6 is 0 Å². The van der Waals surface area contributed by atoms with Gasteiger partial charge in [-0.05, 0) is 44.2 Å². The van der Waals surface area contributed by atoms with Crippen LogP contribution in [0.2, 0.25) is 0 Å². The van der Waals surface area contributed by atoms with E-state index >= 15 is 0 Å². The van der Waals surface area contributed by atoms with Gasteiger partial charge in [0.15, 0.2) is 0 Å². The summed E-state index contributed by atoms with van der Waals surface area (Å²) in [7, 11) is 0. The molecule has 0 atom stereocenters. The van der Waals surface area contributed by atoms with Gasteiger partial charge in [-0.2, -0.15) is 0 Å². The summed E-state index contributed by atoms with van der Waals surface area (Å²) >= 11 is 0. The van der Waals surface area contributed by atoms with Crippen molar-refractivity contribution in [1.29, 1.82) is 0 Å². The van der Waals surface area contributed by atoms with Crippen LogP contribution in [-0.4, -0.2) is 28.7 Å². The Morgan fingerprint density at radius 2 is 1.91 bits per heavy atom. The first kappa shape index (κ1) is 14.8. The Labute approximate surface area is 138 Å². The number of hydrogen-bond acceptors (Lipinski definition) is 3. The van der Waals surface area contributed by atoms with Gasteiger partial charge in [0.2, 0.25) is 0 Å². The maximum atomic E-state index is 4.32. The Hall–Kier alpha value is -1.81. The molecule has 2 aromatic rings. The fourth-order valence-electron chi connectivity index (χ4n) is 3.64. The minimum absolute atomic E-state index is 0.623. The van der Waals surface area contributed by atoms with Gasteiger partial charge in [-0.25, -0.2) is 4.98 Å². The lowest BCUT2D eigenvalue weighted by molar-refractivity contribution is 0.408. The quantitative estimate of drug-likeness (QED) is 0.920. The smallest absolute Gasteiger partial charge is 0.0951 e. The van der Waals surface area contributed by atoms with Gasteiger partial charge in [0.05, 0.1) is 12.0 Å². The normalized spacial score (nSPS) is 19.3. The maximum absolute atomic E-state index is 4.32. The van der Waals surface area contributed by atoms with Crippen LogP contribution in [0, 0.1) is 6.92 Å². The summed E-state index contributed by atoms with van der Waals surface area (Å²) in [6.45, 7) is 5.44. The molecule has 4 rings (SSSR count). The molecule has 0 unspecified atom stereocenters. The first-order chi connectivity index (χ1) is 11.3. The van der Waals surface area contributed by atoms with Gasteiger partial charge in [0.1, 0.15) is 0 Å². The predicted molar refractivity (Wildman–Crippen MR) is 93.8 cm³/mol. The molecule has 4 nitrogen and oxygen atoms in total. The lowest BCUT2D eigenvalue weighted by Gasteiger charge is -2.35. The van der Waals surface area contributed by atoms with Crippen LogP contribution in [0.1, 0.15) is 43.0 Å². The highest BCUT2D eigenvalue weighted by atomic mass is 15.2. The lowest BCUT2D eigenvalue weighted by Crippen LogP contribution is -2.42. The second-order valence-corrected chi connectivity index (χ2v) is 6.95. The Balaban J connectivity index is 1.30. The SMILES string of the molecule is Cc1ccccc1N1CCC(NCc2cncn2C2CC2)CC1. The molecule has 0 bridgehead atoms. The number of benzene rings is 1. The summed E-state index contributed by atoms with van der Waals surface area (Å²) in [6.07, 6.45) is 9.08. The van der Waals surface area contributed by atoms with Gasteiger partial charge >= 0.3 is 0 Å². The van der Waals surface area contributed by atoms with Crippen LogP contribution in [0.15, 0.2) is 36.8 Å². The summed E-state index contributed by atoms with van der Waals surface area (Å²) in [5.41, 5.74) is 4.12. The van der Waals surface area contributed by atoms with Crippen LogP contribution in [0.4, 0.5) is 5.69 Å².